The highest BCUT2D eigenvalue weighted by molar-refractivity contribution is 5.74. The van der Waals surface area contributed by atoms with E-state index < -0.39 is 0 Å². The third-order valence-electron chi connectivity index (χ3n) is 4.08. The smallest absolute Gasteiger partial charge is 0.317 e. The SMILES string of the molecule is COCc1ccccc1CNC(=O)N(C)C(C)C1CC1. The van der Waals surface area contributed by atoms with E-state index in [4.69, 9.17) is 4.74 Å². The van der Waals surface area contributed by atoms with Crippen LogP contribution in [0.5, 0.6) is 0 Å². The van der Waals surface area contributed by atoms with Crippen LogP contribution < -0.4 is 5.32 Å². The number of urea groups is 1. The predicted octanol–water partition coefficient (Wildman–Crippen LogP) is 2.77. The van der Waals surface area contributed by atoms with Gasteiger partial charge in [0, 0.05) is 26.7 Å². The third kappa shape index (κ3) is 3.73. The summed E-state index contributed by atoms with van der Waals surface area (Å²) in [4.78, 5) is 14.0. The van der Waals surface area contributed by atoms with Gasteiger partial charge in [-0.2, -0.15) is 0 Å². The van der Waals surface area contributed by atoms with Gasteiger partial charge in [0.25, 0.3) is 0 Å². The largest absolute Gasteiger partial charge is 0.380 e. The van der Waals surface area contributed by atoms with Crippen LogP contribution in [0.25, 0.3) is 0 Å². The Morgan fingerprint density at radius 2 is 2.05 bits per heavy atom. The summed E-state index contributed by atoms with van der Waals surface area (Å²) in [5.41, 5.74) is 2.23. The Balaban J connectivity index is 1.89. The van der Waals surface area contributed by atoms with E-state index >= 15 is 0 Å². The van der Waals surface area contributed by atoms with E-state index in [1.807, 2.05) is 36.2 Å². The quantitative estimate of drug-likeness (QED) is 0.868. The first-order chi connectivity index (χ1) is 9.63. The molecule has 1 fully saturated rings. The molecule has 1 N–H and O–H groups in total. The number of rotatable bonds is 6. The predicted molar refractivity (Wildman–Crippen MR) is 79.3 cm³/mol. The molecule has 1 aromatic rings. The van der Waals surface area contributed by atoms with E-state index in [0.29, 0.717) is 25.1 Å². The Bertz CT molecular complexity index is 458. The summed E-state index contributed by atoms with van der Waals surface area (Å²) in [6, 6.07) is 8.35. The Morgan fingerprint density at radius 3 is 2.65 bits per heavy atom. The molecule has 0 saturated heterocycles. The van der Waals surface area contributed by atoms with Crippen LogP contribution in [0.4, 0.5) is 4.79 Å². The molecule has 2 amide bonds. The highest BCUT2D eigenvalue weighted by Crippen LogP contribution is 2.34. The zero-order chi connectivity index (χ0) is 14.5. The zero-order valence-corrected chi connectivity index (χ0v) is 12.6. The molecule has 0 spiro atoms. The van der Waals surface area contributed by atoms with Crippen LogP contribution >= 0.6 is 0 Å². The summed E-state index contributed by atoms with van der Waals surface area (Å²) in [5.74, 6) is 0.687. The molecule has 0 bridgehead atoms. The minimum Gasteiger partial charge on any atom is -0.380 e. The van der Waals surface area contributed by atoms with E-state index in [9.17, 15) is 4.79 Å². The molecule has 1 unspecified atom stereocenters. The highest BCUT2D eigenvalue weighted by atomic mass is 16.5. The number of benzene rings is 1. The Hall–Kier alpha value is -1.55. The number of carbonyl (C=O) groups excluding carboxylic acids is 1. The van der Waals surface area contributed by atoms with E-state index in [-0.39, 0.29) is 6.03 Å². The summed E-state index contributed by atoms with van der Waals surface area (Å²) in [5, 5.41) is 2.99. The molecule has 2 rings (SSSR count). The van der Waals surface area contributed by atoms with Crippen molar-refractivity contribution in [2.24, 2.45) is 5.92 Å². The Kier molecular flexibility index (Phi) is 5.01. The second-order valence-corrected chi connectivity index (χ2v) is 5.55. The summed E-state index contributed by atoms with van der Waals surface area (Å²) in [6.45, 7) is 3.23. The maximum Gasteiger partial charge on any atom is 0.317 e. The fourth-order valence-corrected chi connectivity index (χ4v) is 2.40. The summed E-state index contributed by atoms with van der Waals surface area (Å²) >= 11 is 0. The third-order valence-corrected chi connectivity index (χ3v) is 4.08. The molecule has 0 heterocycles. The van der Waals surface area contributed by atoms with Gasteiger partial charge in [-0.05, 0) is 36.8 Å². The highest BCUT2D eigenvalue weighted by Gasteiger charge is 2.32. The molecule has 4 heteroatoms. The first-order valence-electron chi connectivity index (χ1n) is 7.20. The van der Waals surface area contributed by atoms with Crippen molar-refractivity contribution in [2.45, 2.75) is 39.0 Å². The van der Waals surface area contributed by atoms with Crippen molar-refractivity contribution < 1.29 is 9.53 Å². The molecule has 1 aliphatic rings. The van der Waals surface area contributed by atoms with Crippen LogP contribution in [0, 0.1) is 5.92 Å². The van der Waals surface area contributed by atoms with Gasteiger partial charge < -0.3 is 15.0 Å². The molecular weight excluding hydrogens is 252 g/mol. The number of nitrogens with one attached hydrogen (secondary N) is 1. The van der Waals surface area contributed by atoms with Gasteiger partial charge in [0.2, 0.25) is 0 Å². The number of methoxy groups -OCH3 is 1. The summed E-state index contributed by atoms with van der Waals surface area (Å²) < 4.78 is 5.18. The minimum atomic E-state index is -0.00313. The van der Waals surface area contributed by atoms with Crippen molar-refractivity contribution in [3.63, 3.8) is 0 Å². The van der Waals surface area contributed by atoms with Crippen LogP contribution in [0.3, 0.4) is 0 Å². The number of amides is 2. The molecule has 1 saturated carbocycles. The summed E-state index contributed by atoms with van der Waals surface area (Å²) in [7, 11) is 3.56. The second kappa shape index (κ2) is 6.75. The first kappa shape index (κ1) is 14.9. The Labute approximate surface area is 121 Å². The number of nitrogens with zero attached hydrogens (tertiary/aromatic N) is 1. The monoisotopic (exact) mass is 276 g/mol. The van der Waals surface area contributed by atoms with Gasteiger partial charge >= 0.3 is 6.03 Å². The molecule has 0 aromatic heterocycles. The molecule has 0 radical (unpaired) electrons. The molecule has 1 atom stereocenters. The van der Waals surface area contributed by atoms with Gasteiger partial charge in [-0.3, -0.25) is 0 Å². The Morgan fingerprint density at radius 1 is 1.40 bits per heavy atom. The van der Waals surface area contributed by atoms with Gasteiger partial charge in [-0.1, -0.05) is 24.3 Å². The molecule has 0 aliphatic heterocycles. The molecule has 4 nitrogen and oxygen atoms in total. The average Bonchev–Trinajstić information content (AvgIpc) is 3.29. The van der Waals surface area contributed by atoms with Crippen molar-refractivity contribution in [1.82, 2.24) is 10.2 Å². The van der Waals surface area contributed by atoms with Gasteiger partial charge in [0.15, 0.2) is 0 Å². The lowest BCUT2D eigenvalue weighted by Crippen LogP contribution is -2.43. The van der Waals surface area contributed by atoms with Crippen LogP contribution in [-0.2, 0) is 17.9 Å². The molecule has 20 heavy (non-hydrogen) atoms. The van der Waals surface area contributed by atoms with Gasteiger partial charge in [-0.15, -0.1) is 0 Å². The van der Waals surface area contributed by atoms with Gasteiger partial charge in [0.05, 0.1) is 6.61 Å². The standard InChI is InChI=1S/C16H24N2O2/c1-12(13-8-9-13)18(2)16(19)17-10-14-6-4-5-7-15(14)11-20-3/h4-7,12-13H,8-11H2,1-3H3,(H,17,19). The van der Waals surface area contributed by atoms with Gasteiger partial charge in [-0.25, -0.2) is 4.79 Å². The van der Waals surface area contributed by atoms with Crippen LogP contribution in [0.2, 0.25) is 0 Å². The van der Waals surface area contributed by atoms with E-state index in [0.717, 1.165) is 11.1 Å². The van der Waals surface area contributed by atoms with Crippen molar-refractivity contribution in [1.29, 1.82) is 0 Å². The number of hydrogen-bond acceptors (Lipinski definition) is 2. The van der Waals surface area contributed by atoms with Crippen molar-refractivity contribution in [3.8, 4) is 0 Å². The topological polar surface area (TPSA) is 41.6 Å². The second-order valence-electron chi connectivity index (χ2n) is 5.55. The molecule has 110 valence electrons. The first-order valence-corrected chi connectivity index (χ1v) is 7.20. The lowest BCUT2D eigenvalue weighted by Gasteiger charge is -2.25. The van der Waals surface area contributed by atoms with E-state index in [1.54, 1.807) is 7.11 Å². The normalized spacial score (nSPS) is 15.8. The van der Waals surface area contributed by atoms with Crippen LogP contribution in [0.1, 0.15) is 30.9 Å². The van der Waals surface area contributed by atoms with Crippen molar-refractivity contribution >= 4 is 6.03 Å². The number of carbonyl (C=O) groups is 1. The average molecular weight is 276 g/mol. The lowest BCUT2D eigenvalue weighted by molar-refractivity contribution is 0.182. The molecule has 1 aliphatic carbocycles. The number of hydrogen-bond donors (Lipinski definition) is 1. The van der Waals surface area contributed by atoms with Crippen molar-refractivity contribution in [2.75, 3.05) is 14.2 Å². The fourth-order valence-electron chi connectivity index (χ4n) is 2.40. The molecular formula is C16H24N2O2. The van der Waals surface area contributed by atoms with Crippen molar-refractivity contribution in [3.05, 3.63) is 35.4 Å². The van der Waals surface area contributed by atoms with Crippen LogP contribution in [-0.4, -0.2) is 31.1 Å². The van der Waals surface area contributed by atoms with Gasteiger partial charge in [0.1, 0.15) is 0 Å². The summed E-state index contributed by atoms with van der Waals surface area (Å²) in [6.07, 6.45) is 2.49. The van der Waals surface area contributed by atoms with E-state index in [1.165, 1.54) is 12.8 Å². The maximum atomic E-state index is 12.1. The molecule has 1 aromatic carbocycles. The zero-order valence-electron chi connectivity index (χ0n) is 12.6. The van der Waals surface area contributed by atoms with Crippen LogP contribution in [0.15, 0.2) is 24.3 Å². The fraction of sp³-hybridized carbons (Fsp3) is 0.562. The van der Waals surface area contributed by atoms with E-state index in [2.05, 4.69) is 12.2 Å². The maximum absolute atomic E-state index is 12.1. The minimum absolute atomic E-state index is 0.00313. The number of ether oxygens (including phenoxy) is 1. The lowest BCUT2D eigenvalue weighted by atomic mass is 10.1.